The predicted octanol–water partition coefficient (Wildman–Crippen LogP) is -2.68. The summed E-state index contributed by atoms with van der Waals surface area (Å²) in [6, 6.07) is -2.11. The van der Waals surface area contributed by atoms with E-state index in [4.69, 9.17) is 38.3 Å². The number of aliphatic imine (C=N–C) groups is 1. The van der Waals surface area contributed by atoms with Gasteiger partial charge in [0.1, 0.15) is 12.1 Å². The number of carboxylic acid groups (broad SMARTS) is 3. The minimum absolute atomic E-state index is 0.0129. The SMILES string of the molecule is NC(N)=NCCC[C@H](N)C(=O)O.N[C@H](CC(=O)O)C(=O)O. The minimum Gasteiger partial charge on any atom is -0.481 e. The van der Waals surface area contributed by atoms with E-state index in [2.05, 4.69) is 4.99 Å². The van der Waals surface area contributed by atoms with E-state index in [0.29, 0.717) is 19.4 Å². The number of aliphatic carboxylic acids is 3. The van der Waals surface area contributed by atoms with Crippen molar-refractivity contribution in [2.24, 2.45) is 27.9 Å². The van der Waals surface area contributed by atoms with Crippen molar-refractivity contribution in [1.82, 2.24) is 0 Å². The molecule has 0 radical (unpaired) electrons. The fraction of sp³-hybridized carbons (Fsp3) is 0.600. The Bertz CT molecular complexity index is 382. The molecular weight excluding hydrogens is 286 g/mol. The molecule has 0 saturated heterocycles. The second-order valence-corrected chi connectivity index (χ2v) is 3.94. The van der Waals surface area contributed by atoms with Gasteiger partial charge in [-0.15, -0.1) is 0 Å². The average Bonchev–Trinajstić information content (AvgIpc) is 2.33. The van der Waals surface area contributed by atoms with Crippen LogP contribution in [0.1, 0.15) is 19.3 Å². The Balaban J connectivity index is 0. The Morgan fingerprint density at radius 3 is 1.71 bits per heavy atom. The molecular formula is C10H21N5O6. The van der Waals surface area contributed by atoms with Crippen molar-refractivity contribution in [2.75, 3.05) is 6.54 Å². The Labute approximate surface area is 120 Å². The molecule has 11 heteroatoms. The van der Waals surface area contributed by atoms with Crippen molar-refractivity contribution in [3.63, 3.8) is 0 Å². The fourth-order valence-electron chi connectivity index (χ4n) is 0.918. The number of rotatable bonds is 8. The molecule has 0 unspecified atom stereocenters. The molecule has 0 aromatic heterocycles. The summed E-state index contributed by atoms with van der Waals surface area (Å²) in [5, 5.41) is 24.4. The summed E-state index contributed by atoms with van der Waals surface area (Å²) in [7, 11) is 0. The lowest BCUT2D eigenvalue weighted by Crippen LogP contribution is -2.32. The van der Waals surface area contributed by atoms with Gasteiger partial charge >= 0.3 is 17.9 Å². The first-order chi connectivity index (χ1) is 9.57. The lowest BCUT2D eigenvalue weighted by Gasteiger charge is -2.03. The quantitative estimate of drug-likeness (QED) is 0.139. The molecule has 11 N–H and O–H groups in total. The van der Waals surface area contributed by atoms with Crippen molar-refractivity contribution in [3.05, 3.63) is 0 Å². The van der Waals surface area contributed by atoms with Crippen LogP contribution >= 0.6 is 0 Å². The van der Waals surface area contributed by atoms with Crippen LogP contribution in [-0.4, -0.2) is 57.8 Å². The first-order valence-corrected chi connectivity index (χ1v) is 5.81. The van der Waals surface area contributed by atoms with Gasteiger partial charge in [-0.1, -0.05) is 0 Å². The topological polar surface area (TPSA) is 228 Å². The molecule has 0 saturated carbocycles. The average molecular weight is 307 g/mol. The maximum absolute atomic E-state index is 10.2. The van der Waals surface area contributed by atoms with Crippen molar-refractivity contribution < 1.29 is 29.7 Å². The van der Waals surface area contributed by atoms with E-state index in [1.807, 2.05) is 0 Å². The van der Waals surface area contributed by atoms with Crippen LogP contribution in [0.15, 0.2) is 4.99 Å². The van der Waals surface area contributed by atoms with Gasteiger partial charge in [0.2, 0.25) is 0 Å². The van der Waals surface area contributed by atoms with E-state index in [9.17, 15) is 14.4 Å². The fourth-order valence-corrected chi connectivity index (χ4v) is 0.918. The number of hydrogen-bond acceptors (Lipinski definition) is 6. The van der Waals surface area contributed by atoms with Crippen LogP contribution in [0.4, 0.5) is 0 Å². The zero-order valence-electron chi connectivity index (χ0n) is 11.3. The van der Waals surface area contributed by atoms with Gasteiger partial charge in [0.25, 0.3) is 0 Å². The lowest BCUT2D eigenvalue weighted by atomic mass is 10.2. The molecule has 0 aliphatic heterocycles. The third-order valence-electron chi connectivity index (χ3n) is 2.00. The highest BCUT2D eigenvalue weighted by Crippen LogP contribution is 1.94. The number of hydrogen-bond donors (Lipinski definition) is 7. The van der Waals surface area contributed by atoms with Crippen LogP contribution in [0.25, 0.3) is 0 Å². The Morgan fingerprint density at radius 1 is 0.952 bits per heavy atom. The molecule has 0 aliphatic carbocycles. The smallest absolute Gasteiger partial charge is 0.321 e. The van der Waals surface area contributed by atoms with Crippen LogP contribution in [-0.2, 0) is 14.4 Å². The standard InChI is InChI=1S/C6H14N4O2.C4H7NO4/c7-4(5(11)12)2-1-3-10-6(8)9;5-2(4(8)9)1-3(6)7/h4H,1-3,7H2,(H,11,12)(H4,8,9,10);2H,1,5H2,(H,6,7)(H,8,9)/t4-;2-/m01/s1. The van der Waals surface area contributed by atoms with Crippen LogP contribution in [0, 0.1) is 0 Å². The Hall–Kier alpha value is -2.40. The Morgan fingerprint density at radius 2 is 1.43 bits per heavy atom. The van der Waals surface area contributed by atoms with Crippen LogP contribution in [0.2, 0.25) is 0 Å². The molecule has 0 aromatic carbocycles. The molecule has 0 heterocycles. The van der Waals surface area contributed by atoms with Gasteiger partial charge in [-0.25, -0.2) is 0 Å². The van der Waals surface area contributed by atoms with Crippen LogP contribution < -0.4 is 22.9 Å². The maximum Gasteiger partial charge on any atom is 0.321 e. The molecule has 0 amide bonds. The second kappa shape index (κ2) is 11.4. The number of nitrogens with zero attached hydrogens (tertiary/aromatic N) is 1. The molecule has 11 nitrogen and oxygen atoms in total. The monoisotopic (exact) mass is 307 g/mol. The normalized spacial score (nSPS) is 12.3. The van der Waals surface area contributed by atoms with Gasteiger partial charge in [0, 0.05) is 6.54 Å². The second-order valence-electron chi connectivity index (χ2n) is 3.94. The van der Waals surface area contributed by atoms with E-state index in [1.54, 1.807) is 0 Å². The van der Waals surface area contributed by atoms with Crippen molar-refractivity contribution in [2.45, 2.75) is 31.3 Å². The number of nitrogens with two attached hydrogens (primary N) is 4. The van der Waals surface area contributed by atoms with Crippen LogP contribution in [0.5, 0.6) is 0 Å². The highest BCUT2D eigenvalue weighted by molar-refractivity contribution is 5.80. The largest absolute Gasteiger partial charge is 0.481 e. The molecule has 0 aliphatic rings. The first-order valence-electron chi connectivity index (χ1n) is 5.81. The minimum atomic E-state index is -1.29. The Kier molecular flexibility index (Phi) is 11.4. The van der Waals surface area contributed by atoms with Gasteiger partial charge in [-0.05, 0) is 12.8 Å². The summed E-state index contributed by atoms with van der Waals surface area (Å²) in [4.78, 5) is 33.5. The maximum atomic E-state index is 10.2. The van der Waals surface area contributed by atoms with Crippen molar-refractivity contribution in [3.8, 4) is 0 Å². The summed E-state index contributed by atoms with van der Waals surface area (Å²) in [6.07, 6.45) is 0.423. The van der Waals surface area contributed by atoms with E-state index in [1.165, 1.54) is 0 Å². The van der Waals surface area contributed by atoms with Gasteiger partial charge in [-0.2, -0.15) is 0 Å². The first kappa shape index (κ1) is 20.9. The number of guanidine groups is 1. The summed E-state index contributed by atoms with van der Waals surface area (Å²) in [5.41, 5.74) is 20.2. The molecule has 2 atom stereocenters. The van der Waals surface area contributed by atoms with Gasteiger partial charge < -0.3 is 38.3 Å². The molecule has 0 spiro atoms. The van der Waals surface area contributed by atoms with E-state index in [0.717, 1.165) is 0 Å². The number of carboxylic acids is 3. The van der Waals surface area contributed by atoms with Crippen LogP contribution in [0.3, 0.4) is 0 Å². The van der Waals surface area contributed by atoms with Gasteiger partial charge in [0.05, 0.1) is 6.42 Å². The van der Waals surface area contributed by atoms with E-state index >= 15 is 0 Å². The summed E-state index contributed by atoms with van der Waals surface area (Å²) in [5.74, 6) is -3.49. The highest BCUT2D eigenvalue weighted by Gasteiger charge is 2.14. The number of carbonyl (C=O) groups is 3. The molecule has 0 rings (SSSR count). The van der Waals surface area contributed by atoms with Crippen molar-refractivity contribution >= 4 is 23.9 Å². The van der Waals surface area contributed by atoms with E-state index in [-0.39, 0.29) is 5.96 Å². The highest BCUT2D eigenvalue weighted by atomic mass is 16.4. The molecule has 122 valence electrons. The van der Waals surface area contributed by atoms with Gasteiger partial charge in [-0.3, -0.25) is 19.4 Å². The summed E-state index contributed by atoms with van der Waals surface area (Å²) >= 11 is 0. The van der Waals surface area contributed by atoms with E-state index < -0.39 is 36.4 Å². The zero-order valence-corrected chi connectivity index (χ0v) is 11.3. The molecule has 0 bridgehead atoms. The van der Waals surface area contributed by atoms with Gasteiger partial charge in [0.15, 0.2) is 5.96 Å². The zero-order chi connectivity index (χ0) is 17.0. The molecule has 0 aromatic rings. The summed E-state index contributed by atoms with van der Waals surface area (Å²) in [6.45, 7) is 0.420. The van der Waals surface area contributed by atoms with Crippen molar-refractivity contribution in [1.29, 1.82) is 0 Å². The predicted molar refractivity (Wildman–Crippen MR) is 73.4 cm³/mol. The molecule has 0 fully saturated rings. The lowest BCUT2D eigenvalue weighted by molar-refractivity contribution is -0.144. The third-order valence-corrected chi connectivity index (χ3v) is 2.00. The third kappa shape index (κ3) is 15.5. The molecule has 21 heavy (non-hydrogen) atoms. The summed E-state index contributed by atoms with van der Waals surface area (Å²) < 4.78 is 0.